The molecule has 0 aliphatic heterocycles. The molecule has 0 radical (unpaired) electrons. The van der Waals surface area contributed by atoms with Gasteiger partial charge < -0.3 is 11.5 Å². The standard InChI is InChI=1S/C12H19N.C7H9N.C2H6/c1-4-10(2)12(3,13)11-8-6-5-7-9-11;8-6-7-4-2-1-3-5-7;1-2/h5-10H,4,13H2,1-3H3;1-5H,6,8H2;1-2H3. The van der Waals surface area contributed by atoms with Gasteiger partial charge in [-0.25, -0.2) is 0 Å². The van der Waals surface area contributed by atoms with Gasteiger partial charge in [0.1, 0.15) is 0 Å². The van der Waals surface area contributed by atoms with Gasteiger partial charge in [-0.2, -0.15) is 0 Å². The van der Waals surface area contributed by atoms with Crippen LogP contribution in [0.25, 0.3) is 0 Å². The van der Waals surface area contributed by atoms with Crippen molar-refractivity contribution in [3.63, 3.8) is 0 Å². The highest BCUT2D eigenvalue weighted by Gasteiger charge is 2.26. The van der Waals surface area contributed by atoms with E-state index < -0.39 is 0 Å². The summed E-state index contributed by atoms with van der Waals surface area (Å²) in [6, 6.07) is 20.3. The van der Waals surface area contributed by atoms with Gasteiger partial charge in [-0.05, 0) is 24.0 Å². The van der Waals surface area contributed by atoms with E-state index in [0.29, 0.717) is 12.5 Å². The van der Waals surface area contributed by atoms with E-state index in [2.05, 4.69) is 32.9 Å². The van der Waals surface area contributed by atoms with Crippen LogP contribution in [0.5, 0.6) is 0 Å². The number of benzene rings is 2. The molecule has 0 aromatic heterocycles. The summed E-state index contributed by atoms with van der Waals surface area (Å²) in [6.45, 7) is 11.1. The Morgan fingerprint density at radius 3 is 1.70 bits per heavy atom. The molecule has 2 heteroatoms. The number of nitrogens with two attached hydrogens (primary N) is 2. The Hall–Kier alpha value is -1.64. The summed E-state index contributed by atoms with van der Waals surface area (Å²) in [4.78, 5) is 0. The lowest BCUT2D eigenvalue weighted by molar-refractivity contribution is 0.316. The van der Waals surface area contributed by atoms with Crippen LogP contribution >= 0.6 is 0 Å². The highest BCUT2D eigenvalue weighted by molar-refractivity contribution is 5.23. The molecule has 128 valence electrons. The van der Waals surface area contributed by atoms with Gasteiger partial charge in [-0.3, -0.25) is 0 Å². The van der Waals surface area contributed by atoms with E-state index >= 15 is 0 Å². The normalized spacial score (nSPS) is 13.5. The zero-order valence-corrected chi connectivity index (χ0v) is 15.4. The molecule has 0 amide bonds. The van der Waals surface area contributed by atoms with Gasteiger partial charge in [0.15, 0.2) is 0 Å². The summed E-state index contributed by atoms with van der Waals surface area (Å²) in [5.74, 6) is 0.509. The zero-order valence-electron chi connectivity index (χ0n) is 15.4. The van der Waals surface area contributed by atoms with Gasteiger partial charge in [-0.15, -0.1) is 0 Å². The van der Waals surface area contributed by atoms with Crippen LogP contribution in [0.1, 0.15) is 52.2 Å². The second-order valence-electron chi connectivity index (χ2n) is 5.65. The van der Waals surface area contributed by atoms with Gasteiger partial charge in [-0.1, -0.05) is 94.8 Å². The van der Waals surface area contributed by atoms with Crippen molar-refractivity contribution in [3.05, 3.63) is 71.8 Å². The Balaban J connectivity index is 0.000000414. The molecule has 0 bridgehead atoms. The summed E-state index contributed by atoms with van der Waals surface area (Å²) in [7, 11) is 0. The molecule has 0 saturated carbocycles. The van der Waals surface area contributed by atoms with Gasteiger partial charge in [0.25, 0.3) is 0 Å². The summed E-state index contributed by atoms with van der Waals surface area (Å²) in [5.41, 5.74) is 13.9. The maximum Gasteiger partial charge on any atom is 0.0406 e. The first kappa shape index (κ1) is 21.4. The van der Waals surface area contributed by atoms with E-state index in [1.54, 1.807) is 0 Å². The average Bonchev–Trinajstić information content (AvgIpc) is 2.64. The van der Waals surface area contributed by atoms with Crippen LogP contribution in [0.3, 0.4) is 0 Å². The molecule has 2 aromatic rings. The third kappa shape index (κ3) is 7.45. The van der Waals surface area contributed by atoms with E-state index in [0.717, 1.165) is 6.42 Å². The van der Waals surface area contributed by atoms with Crippen molar-refractivity contribution in [2.75, 3.05) is 0 Å². The average molecular weight is 315 g/mol. The summed E-state index contributed by atoms with van der Waals surface area (Å²) < 4.78 is 0. The molecule has 0 aliphatic carbocycles. The van der Waals surface area contributed by atoms with Crippen LogP contribution in [0, 0.1) is 5.92 Å². The molecule has 0 spiro atoms. The molecule has 2 atom stereocenters. The van der Waals surface area contributed by atoms with Crippen LogP contribution in [0.4, 0.5) is 0 Å². The van der Waals surface area contributed by atoms with Crippen molar-refractivity contribution in [1.82, 2.24) is 0 Å². The van der Waals surface area contributed by atoms with Crippen molar-refractivity contribution in [1.29, 1.82) is 0 Å². The van der Waals surface area contributed by atoms with E-state index in [4.69, 9.17) is 11.5 Å². The fourth-order valence-electron chi connectivity index (χ4n) is 2.12. The molecule has 0 heterocycles. The first-order valence-corrected chi connectivity index (χ1v) is 8.60. The molecule has 4 N–H and O–H groups in total. The predicted octanol–water partition coefficient (Wildman–Crippen LogP) is 5.08. The lowest BCUT2D eigenvalue weighted by Crippen LogP contribution is -2.39. The summed E-state index contributed by atoms with van der Waals surface area (Å²) in [5, 5.41) is 0. The molecular weight excluding hydrogens is 280 g/mol. The molecule has 2 rings (SSSR count). The SMILES string of the molecule is CC.CCC(C)C(C)(N)c1ccccc1.NCc1ccccc1. The number of hydrogen-bond donors (Lipinski definition) is 2. The fraction of sp³-hybridized carbons (Fsp3) is 0.429. The van der Waals surface area contributed by atoms with E-state index in [1.807, 2.05) is 62.4 Å². The van der Waals surface area contributed by atoms with Crippen molar-refractivity contribution >= 4 is 0 Å². The molecule has 0 saturated heterocycles. The summed E-state index contributed by atoms with van der Waals surface area (Å²) >= 11 is 0. The first-order valence-electron chi connectivity index (χ1n) is 8.60. The third-order valence-electron chi connectivity index (χ3n) is 4.11. The van der Waals surface area contributed by atoms with Crippen molar-refractivity contribution in [2.45, 2.75) is 53.1 Å². The van der Waals surface area contributed by atoms with Crippen LogP contribution < -0.4 is 11.5 Å². The van der Waals surface area contributed by atoms with Crippen molar-refractivity contribution < 1.29 is 0 Å². The molecule has 2 nitrogen and oxygen atoms in total. The van der Waals surface area contributed by atoms with E-state index in [1.165, 1.54) is 11.1 Å². The van der Waals surface area contributed by atoms with Gasteiger partial charge in [0.2, 0.25) is 0 Å². The van der Waals surface area contributed by atoms with Crippen LogP contribution in [0.2, 0.25) is 0 Å². The number of rotatable bonds is 4. The lowest BCUT2D eigenvalue weighted by atomic mass is 9.80. The minimum absolute atomic E-state index is 0.198. The minimum atomic E-state index is -0.198. The van der Waals surface area contributed by atoms with Gasteiger partial charge in [0.05, 0.1) is 0 Å². The lowest BCUT2D eigenvalue weighted by Gasteiger charge is -2.31. The highest BCUT2D eigenvalue weighted by atomic mass is 14.7. The molecule has 2 unspecified atom stereocenters. The molecule has 2 aromatic carbocycles. The quantitative estimate of drug-likeness (QED) is 0.827. The van der Waals surface area contributed by atoms with Gasteiger partial charge >= 0.3 is 0 Å². The van der Waals surface area contributed by atoms with Crippen LogP contribution in [0.15, 0.2) is 60.7 Å². The maximum atomic E-state index is 6.29. The Morgan fingerprint density at radius 1 is 0.913 bits per heavy atom. The van der Waals surface area contributed by atoms with Gasteiger partial charge in [0, 0.05) is 12.1 Å². The van der Waals surface area contributed by atoms with E-state index in [9.17, 15) is 0 Å². The Bertz CT molecular complexity index is 492. The van der Waals surface area contributed by atoms with Crippen LogP contribution in [-0.4, -0.2) is 0 Å². The van der Waals surface area contributed by atoms with Crippen molar-refractivity contribution in [2.24, 2.45) is 17.4 Å². The molecule has 0 aliphatic rings. The van der Waals surface area contributed by atoms with Crippen molar-refractivity contribution in [3.8, 4) is 0 Å². The fourth-order valence-corrected chi connectivity index (χ4v) is 2.12. The molecular formula is C21H34N2. The maximum absolute atomic E-state index is 6.29. The van der Waals surface area contributed by atoms with E-state index in [-0.39, 0.29) is 5.54 Å². The molecule has 23 heavy (non-hydrogen) atoms. The molecule has 0 fully saturated rings. The monoisotopic (exact) mass is 314 g/mol. The second-order valence-corrected chi connectivity index (χ2v) is 5.65. The zero-order chi connectivity index (χ0) is 17.7. The Kier molecular flexibility index (Phi) is 11.0. The summed E-state index contributed by atoms with van der Waals surface area (Å²) in [6.07, 6.45) is 1.11. The predicted molar refractivity (Wildman–Crippen MR) is 103 cm³/mol. The smallest absolute Gasteiger partial charge is 0.0406 e. The number of hydrogen-bond acceptors (Lipinski definition) is 2. The topological polar surface area (TPSA) is 52.0 Å². The Morgan fingerprint density at radius 2 is 1.35 bits per heavy atom. The second kappa shape index (κ2) is 11.9. The highest BCUT2D eigenvalue weighted by Crippen LogP contribution is 2.28. The van der Waals surface area contributed by atoms with Crippen LogP contribution in [-0.2, 0) is 12.1 Å². The largest absolute Gasteiger partial charge is 0.326 e. The first-order chi connectivity index (χ1) is 11.0. The Labute approximate surface area is 142 Å². The third-order valence-corrected chi connectivity index (χ3v) is 4.11. The minimum Gasteiger partial charge on any atom is -0.326 e.